The van der Waals surface area contributed by atoms with E-state index in [1.54, 1.807) is 6.92 Å². The van der Waals surface area contributed by atoms with Crippen LogP contribution in [-0.2, 0) is 14.3 Å². The number of esters is 1. The van der Waals surface area contributed by atoms with Crippen molar-refractivity contribution in [2.24, 2.45) is 5.92 Å². The lowest BCUT2D eigenvalue weighted by atomic mass is 9.60. The average Bonchev–Trinajstić information content (AvgIpc) is 2.60. The first-order valence-electron chi connectivity index (χ1n) is 8.01. The molecule has 24 heavy (non-hydrogen) atoms. The maximum atomic E-state index is 11.3. The number of methoxy groups -OCH3 is 1. The van der Waals surface area contributed by atoms with Crippen LogP contribution in [0.25, 0.3) is 0 Å². The summed E-state index contributed by atoms with van der Waals surface area (Å²) in [7, 11) is 1.31. The number of carbonyl (C=O) groups is 1. The van der Waals surface area contributed by atoms with Gasteiger partial charge in [0.25, 0.3) is 0 Å². The van der Waals surface area contributed by atoms with Gasteiger partial charge in [-0.3, -0.25) is 0 Å². The van der Waals surface area contributed by atoms with Gasteiger partial charge in [0.2, 0.25) is 0 Å². The van der Waals surface area contributed by atoms with E-state index in [-0.39, 0.29) is 19.3 Å². The third kappa shape index (κ3) is 4.53. The minimum Gasteiger partial charge on any atom is -0.456 e. The van der Waals surface area contributed by atoms with Crippen molar-refractivity contribution in [3.8, 4) is 0 Å². The van der Waals surface area contributed by atoms with Gasteiger partial charge < -0.3 is 35.0 Å². The highest BCUT2D eigenvalue weighted by atomic mass is 16.6. The van der Waals surface area contributed by atoms with E-state index in [2.05, 4.69) is 11.3 Å². The number of hydrogen-bond donors (Lipinski definition) is 5. The van der Waals surface area contributed by atoms with E-state index in [1.165, 1.54) is 7.11 Å². The van der Waals surface area contributed by atoms with Crippen molar-refractivity contribution in [1.29, 1.82) is 0 Å². The maximum Gasteiger partial charge on any atom is 0.330 e. The van der Waals surface area contributed by atoms with Crippen LogP contribution >= 0.6 is 0 Å². The molecule has 1 fully saturated rings. The van der Waals surface area contributed by atoms with Gasteiger partial charge in [0, 0.05) is 25.5 Å². The summed E-state index contributed by atoms with van der Waals surface area (Å²) in [5, 5.41) is 50.1. The van der Waals surface area contributed by atoms with Gasteiger partial charge >= 0.3 is 5.97 Å². The highest BCUT2D eigenvalue weighted by Gasteiger charge is 2.60. The molecule has 0 radical (unpaired) electrons. The Balaban J connectivity index is 2.71. The molecule has 1 aliphatic carbocycles. The number of aliphatic hydroxyl groups is 5. The molecule has 0 amide bonds. The van der Waals surface area contributed by atoms with Crippen molar-refractivity contribution in [1.82, 2.24) is 0 Å². The first-order chi connectivity index (χ1) is 11.2. The molecule has 1 aliphatic rings. The fourth-order valence-corrected chi connectivity index (χ4v) is 3.10. The molecule has 0 spiro atoms. The van der Waals surface area contributed by atoms with Crippen LogP contribution in [-0.4, -0.2) is 74.9 Å². The van der Waals surface area contributed by atoms with Gasteiger partial charge in [-0.15, -0.1) is 0 Å². The van der Waals surface area contributed by atoms with Gasteiger partial charge in [-0.2, -0.15) is 0 Å². The summed E-state index contributed by atoms with van der Waals surface area (Å²) in [5.74, 6) is -1.49. The molecule has 0 saturated heterocycles. The molecule has 0 aromatic rings. The number of hydrogen-bond acceptors (Lipinski definition) is 8. The number of aliphatic hydroxyl groups excluding tert-OH is 4. The topological polar surface area (TPSA) is 137 Å². The van der Waals surface area contributed by atoms with Crippen LogP contribution in [0.5, 0.6) is 0 Å². The largest absolute Gasteiger partial charge is 0.456 e. The van der Waals surface area contributed by atoms with E-state index in [9.17, 15) is 30.3 Å². The number of ether oxygens (including phenoxy) is 2. The van der Waals surface area contributed by atoms with Crippen molar-refractivity contribution in [2.45, 2.75) is 68.9 Å². The zero-order valence-corrected chi connectivity index (χ0v) is 14.0. The summed E-state index contributed by atoms with van der Waals surface area (Å²) >= 11 is 0. The fourth-order valence-electron chi connectivity index (χ4n) is 3.10. The summed E-state index contributed by atoms with van der Waals surface area (Å²) < 4.78 is 9.72. The van der Waals surface area contributed by atoms with E-state index >= 15 is 0 Å². The van der Waals surface area contributed by atoms with E-state index in [4.69, 9.17) is 4.74 Å². The molecule has 5 N–H and O–H groups in total. The number of carbonyl (C=O) groups excluding carboxylic acids is 1. The molecule has 0 aromatic heterocycles. The minimum absolute atomic E-state index is 0.0130. The Morgan fingerprint density at radius 1 is 1.38 bits per heavy atom. The Morgan fingerprint density at radius 3 is 2.50 bits per heavy atom. The van der Waals surface area contributed by atoms with E-state index in [1.807, 2.05) is 0 Å². The zero-order chi connectivity index (χ0) is 18.5. The monoisotopic (exact) mass is 348 g/mol. The van der Waals surface area contributed by atoms with Crippen LogP contribution in [0.2, 0.25) is 0 Å². The Bertz CT molecular complexity index is 428. The molecule has 3 unspecified atom stereocenters. The summed E-state index contributed by atoms with van der Waals surface area (Å²) in [6, 6.07) is 0. The fraction of sp³-hybridized carbons (Fsp3) is 0.812. The molecule has 0 aromatic carbocycles. The predicted molar refractivity (Wildman–Crippen MR) is 83.7 cm³/mol. The third-order valence-corrected chi connectivity index (χ3v) is 4.71. The predicted octanol–water partition coefficient (Wildman–Crippen LogP) is -0.927. The Labute approximate surface area is 141 Å². The van der Waals surface area contributed by atoms with E-state index in [0.29, 0.717) is 6.42 Å². The van der Waals surface area contributed by atoms with Crippen LogP contribution in [0.15, 0.2) is 12.7 Å². The Hall–Kier alpha value is -1.03. The van der Waals surface area contributed by atoms with Crippen LogP contribution in [0.3, 0.4) is 0 Å². The molecule has 1 saturated carbocycles. The van der Waals surface area contributed by atoms with Crippen LogP contribution in [0, 0.1) is 5.92 Å². The van der Waals surface area contributed by atoms with Gasteiger partial charge in [0.1, 0.15) is 12.2 Å². The molecule has 7 atom stereocenters. The van der Waals surface area contributed by atoms with Gasteiger partial charge in [0.05, 0.1) is 17.8 Å². The van der Waals surface area contributed by atoms with Gasteiger partial charge in [-0.05, 0) is 19.3 Å². The lowest BCUT2D eigenvalue weighted by Crippen LogP contribution is -2.70. The zero-order valence-electron chi connectivity index (χ0n) is 14.0. The second-order valence-corrected chi connectivity index (χ2v) is 6.15. The smallest absolute Gasteiger partial charge is 0.330 e. The second kappa shape index (κ2) is 8.89. The van der Waals surface area contributed by atoms with Crippen LogP contribution < -0.4 is 0 Å². The van der Waals surface area contributed by atoms with Crippen molar-refractivity contribution < 1.29 is 39.8 Å². The SMILES string of the molecule is C=CC(=O)OC(CC)C(O)C[C@H]1[C@H](O)[C@@H](O)[C@@]1(O)CCC(O)OC. The highest BCUT2D eigenvalue weighted by Crippen LogP contribution is 2.45. The van der Waals surface area contributed by atoms with Crippen LogP contribution in [0.1, 0.15) is 32.6 Å². The molecule has 0 bridgehead atoms. The Kier molecular flexibility index (Phi) is 7.78. The summed E-state index contributed by atoms with van der Waals surface area (Å²) in [5.41, 5.74) is -1.65. The first kappa shape index (κ1) is 21.0. The van der Waals surface area contributed by atoms with Gasteiger partial charge in [-0.25, -0.2) is 4.79 Å². The van der Waals surface area contributed by atoms with Crippen molar-refractivity contribution in [2.75, 3.05) is 7.11 Å². The molecule has 1 rings (SSSR count). The lowest BCUT2D eigenvalue weighted by molar-refractivity contribution is -0.274. The highest BCUT2D eigenvalue weighted by molar-refractivity contribution is 5.81. The summed E-state index contributed by atoms with van der Waals surface area (Å²) in [6.45, 7) is 5.00. The quantitative estimate of drug-likeness (QED) is 0.194. The van der Waals surface area contributed by atoms with E-state index < -0.39 is 48.2 Å². The van der Waals surface area contributed by atoms with Crippen molar-refractivity contribution in [3.05, 3.63) is 12.7 Å². The molecular weight excluding hydrogens is 320 g/mol. The molecular formula is C16H28O8. The van der Waals surface area contributed by atoms with Crippen molar-refractivity contribution in [3.63, 3.8) is 0 Å². The molecule has 0 heterocycles. The third-order valence-electron chi connectivity index (χ3n) is 4.71. The molecule has 140 valence electrons. The first-order valence-corrected chi connectivity index (χ1v) is 8.01. The minimum atomic E-state index is -1.65. The second-order valence-electron chi connectivity index (χ2n) is 6.15. The standard InChI is InChI=1S/C16H28O8/c1-4-11(24-12(18)5-2)10(17)8-9-14(20)15(21)16(9,22)7-6-13(19)23-3/h5,9-11,13-15,17,19-22H,2,4,6-8H2,1,3H3/t9-,10?,11?,13?,14-,15+,16+/m0/s1. The molecule has 0 aliphatic heterocycles. The maximum absolute atomic E-state index is 11.3. The number of rotatable bonds is 10. The lowest BCUT2D eigenvalue weighted by Gasteiger charge is -2.54. The van der Waals surface area contributed by atoms with E-state index in [0.717, 1.165) is 6.08 Å². The average molecular weight is 348 g/mol. The molecule has 8 heteroatoms. The van der Waals surface area contributed by atoms with Gasteiger partial charge in [-0.1, -0.05) is 13.5 Å². The van der Waals surface area contributed by atoms with Crippen molar-refractivity contribution >= 4 is 5.97 Å². The molecule has 8 nitrogen and oxygen atoms in total. The Morgan fingerprint density at radius 2 is 2.00 bits per heavy atom. The summed E-state index contributed by atoms with van der Waals surface area (Å²) in [6.07, 6.45) is -4.31. The normalized spacial score (nSPS) is 33.2. The summed E-state index contributed by atoms with van der Waals surface area (Å²) in [4.78, 5) is 11.3. The van der Waals surface area contributed by atoms with Gasteiger partial charge in [0.15, 0.2) is 6.29 Å². The van der Waals surface area contributed by atoms with Crippen LogP contribution in [0.4, 0.5) is 0 Å².